The first-order valence-corrected chi connectivity index (χ1v) is 7.99. The largest absolute Gasteiger partial charge is 0.464 e. The summed E-state index contributed by atoms with van der Waals surface area (Å²) in [4.78, 5) is 22.4. The molecule has 0 radical (unpaired) electrons. The van der Waals surface area contributed by atoms with Crippen LogP contribution in [0.1, 0.15) is 40.6 Å². The standard InChI is InChI=1S/C17H17ClFN3O2/c1-22(9-11-5-3-4-6-12(11)19)16-13(18)14(17(23)24-2)20-15(21-16)10-7-8-10/h3-6,10H,7-9H2,1-2H3. The average Bonchev–Trinajstić information content (AvgIpc) is 3.41. The van der Waals surface area contributed by atoms with E-state index in [4.69, 9.17) is 16.3 Å². The average molecular weight is 350 g/mol. The lowest BCUT2D eigenvalue weighted by Crippen LogP contribution is -2.21. The van der Waals surface area contributed by atoms with E-state index >= 15 is 0 Å². The van der Waals surface area contributed by atoms with Crippen molar-refractivity contribution in [3.63, 3.8) is 0 Å². The minimum Gasteiger partial charge on any atom is -0.464 e. The normalized spacial score (nSPS) is 13.7. The molecule has 0 N–H and O–H groups in total. The van der Waals surface area contributed by atoms with Crippen molar-refractivity contribution in [1.29, 1.82) is 0 Å². The van der Waals surface area contributed by atoms with Gasteiger partial charge in [0, 0.05) is 25.1 Å². The minimum absolute atomic E-state index is 0.0476. The minimum atomic E-state index is -0.607. The summed E-state index contributed by atoms with van der Waals surface area (Å²) in [6.07, 6.45) is 1.97. The van der Waals surface area contributed by atoms with Gasteiger partial charge in [-0.25, -0.2) is 19.2 Å². The molecule has 1 aliphatic carbocycles. The Labute approximate surface area is 144 Å². The molecule has 0 spiro atoms. The Kier molecular flexibility index (Phi) is 4.66. The zero-order valence-electron chi connectivity index (χ0n) is 13.4. The predicted molar refractivity (Wildman–Crippen MR) is 88.9 cm³/mol. The number of anilines is 1. The fourth-order valence-electron chi connectivity index (χ4n) is 2.42. The second-order valence-electron chi connectivity index (χ2n) is 5.78. The molecule has 1 aromatic heterocycles. The van der Waals surface area contributed by atoms with Gasteiger partial charge in [0.05, 0.1) is 7.11 Å². The third-order valence-corrected chi connectivity index (χ3v) is 4.25. The Morgan fingerprint density at radius 2 is 2.08 bits per heavy atom. The molecule has 24 heavy (non-hydrogen) atoms. The molecule has 1 aromatic carbocycles. The molecule has 0 atom stereocenters. The van der Waals surface area contributed by atoms with Crippen LogP contribution in [0.25, 0.3) is 0 Å². The zero-order valence-corrected chi connectivity index (χ0v) is 14.2. The maximum atomic E-state index is 13.9. The van der Waals surface area contributed by atoms with E-state index in [9.17, 15) is 9.18 Å². The van der Waals surface area contributed by atoms with Crippen LogP contribution in [-0.2, 0) is 11.3 Å². The van der Waals surface area contributed by atoms with Crippen LogP contribution < -0.4 is 4.90 Å². The van der Waals surface area contributed by atoms with E-state index in [2.05, 4.69) is 9.97 Å². The molecular weight excluding hydrogens is 333 g/mol. The topological polar surface area (TPSA) is 55.3 Å². The van der Waals surface area contributed by atoms with Crippen LogP contribution in [0.15, 0.2) is 24.3 Å². The lowest BCUT2D eigenvalue weighted by Gasteiger charge is -2.21. The van der Waals surface area contributed by atoms with Crippen LogP contribution in [0, 0.1) is 5.82 Å². The lowest BCUT2D eigenvalue weighted by atomic mass is 10.2. The van der Waals surface area contributed by atoms with Crippen LogP contribution >= 0.6 is 11.6 Å². The van der Waals surface area contributed by atoms with Crippen molar-refractivity contribution in [3.8, 4) is 0 Å². The van der Waals surface area contributed by atoms with Gasteiger partial charge in [-0.3, -0.25) is 0 Å². The van der Waals surface area contributed by atoms with Crippen LogP contribution in [0.3, 0.4) is 0 Å². The van der Waals surface area contributed by atoms with E-state index in [1.54, 1.807) is 30.1 Å². The molecule has 5 nitrogen and oxygen atoms in total. The fourth-order valence-corrected chi connectivity index (χ4v) is 2.72. The first-order chi connectivity index (χ1) is 11.5. The van der Waals surface area contributed by atoms with Gasteiger partial charge in [-0.05, 0) is 18.9 Å². The second kappa shape index (κ2) is 6.73. The number of carbonyl (C=O) groups excluding carboxylic acids is 1. The number of halogens is 2. The third kappa shape index (κ3) is 3.33. The van der Waals surface area contributed by atoms with Gasteiger partial charge in [0.1, 0.15) is 16.7 Å². The second-order valence-corrected chi connectivity index (χ2v) is 6.16. The summed E-state index contributed by atoms with van der Waals surface area (Å²) >= 11 is 6.32. The van der Waals surface area contributed by atoms with E-state index in [1.165, 1.54) is 13.2 Å². The summed E-state index contributed by atoms with van der Waals surface area (Å²) in [5, 5.41) is 0.116. The van der Waals surface area contributed by atoms with Crippen molar-refractivity contribution in [2.24, 2.45) is 0 Å². The molecule has 1 fully saturated rings. The van der Waals surface area contributed by atoms with Gasteiger partial charge in [0.2, 0.25) is 0 Å². The molecule has 7 heteroatoms. The van der Waals surface area contributed by atoms with E-state index in [-0.39, 0.29) is 29.0 Å². The van der Waals surface area contributed by atoms with Gasteiger partial charge in [0.25, 0.3) is 0 Å². The Morgan fingerprint density at radius 3 is 2.71 bits per heavy atom. The number of ether oxygens (including phenoxy) is 1. The number of rotatable bonds is 5. The van der Waals surface area contributed by atoms with E-state index < -0.39 is 5.97 Å². The first kappa shape index (κ1) is 16.6. The van der Waals surface area contributed by atoms with Gasteiger partial charge in [-0.2, -0.15) is 0 Å². The number of esters is 1. The molecule has 0 aliphatic heterocycles. The Bertz CT molecular complexity index is 780. The monoisotopic (exact) mass is 349 g/mol. The molecule has 0 bridgehead atoms. The van der Waals surface area contributed by atoms with Crippen molar-refractivity contribution >= 4 is 23.4 Å². The van der Waals surface area contributed by atoms with Crippen LogP contribution in [0.5, 0.6) is 0 Å². The van der Waals surface area contributed by atoms with Gasteiger partial charge in [0.15, 0.2) is 11.5 Å². The Hall–Kier alpha value is -2.21. The van der Waals surface area contributed by atoms with E-state index in [1.807, 2.05) is 0 Å². The van der Waals surface area contributed by atoms with Crippen molar-refractivity contribution in [2.75, 3.05) is 19.1 Å². The highest BCUT2D eigenvalue weighted by atomic mass is 35.5. The molecular formula is C17H17ClFN3O2. The summed E-state index contributed by atoms with van der Waals surface area (Å²) in [7, 11) is 3.03. The smallest absolute Gasteiger partial charge is 0.358 e. The van der Waals surface area contributed by atoms with Crippen molar-refractivity contribution in [3.05, 3.63) is 52.2 Å². The number of aromatic nitrogens is 2. The molecule has 0 saturated heterocycles. The van der Waals surface area contributed by atoms with Crippen molar-refractivity contribution in [2.45, 2.75) is 25.3 Å². The van der Waals surface area contributed by atoms with Crippen LogP contribution in [-0.4, -0.2) is 30.1 Å². The Balaban J connectivity index is 1.97. The molecule has 0 unspecified atom stereocenters. The van der Waals surface area contributed by atoms with E-state index in [0.29, 0.717) is 17.2 Å². The van der Waals surface area contributed by atoms with Crippen molar-refractivity contribution in [1.82, 2.24) is 9.97 Å². The SMILES string of the molecule is COC(=O)c1nc(C2CC2)nc(N(C)Cc2ccccc2F)c1Cl. The predicted octanol–water partition coefficient (Wildman–Crippen LogP) is 3.57. The quantitative estimate of drug-likeness (QED) is 0.772. The number of methoxy groups -OCH3 is 1. The van der Waals surface area contributed by atoms with Gasteiger partial charge < -0.3 is 9.64 Å². The fraction of sp³-hybridized carbons (Fsp3) is 0.353. The third-order valence-electron chi connectivity index (χ3n) is 3.90. The summed E-state index contributed by atoms with van der Waals surface area (Å²) < 4.78 is 18.6. The van der Waals surface area contributed by atoms with Gasteiger partial charge in [-0.1, -0.05) is 29.8 Å². The zero-order chi connectivity index (χ0) is 17.3. The Morgan fingerprint density at radius 1 is 1.38 bits per heavy atom. The molecule has 126 valence electrons. The maximum Gasteiger partial charge on any atom is 0.358 e. The first-order valence-electron chi connectivity index (χ1n) is 7.61. The maximum absolute atomic E-state index is 13.9. The molecule has 0 amide bonds. The van der Waals surface area contributed by atoms with Crippen LogP contribution in [0.4, 0.5) is 10.2 Å². The molecule has 1 aliphatic rings. The highest BCUT2D eigenvalue weighted by Crippen LogP contribution is 2.40. The summed E-state index contributed by atoms with van der Waals surface area (Å²) in [5.41, 5.74) is 0.564. The lowest BCUT2D eigenvalue weighted by molar-refractivity contribution is 0.0593. The van der Waals surface area contributed by atoms with E-state index in [0.717, 1.165) is 12.8 Å². The highest BCUT2D eigenvalue weighted by molar-refractivity contribution is 6.35. The molecule has 1 heterocycles. The molecule has 2 aromatic rings. The molecule has 1 saturated carbocycles. The highest BCUT2D eigenvalue weighted by Gasteiger charge is 2.31. The molecule has 3 rings (SSSR count). The number of nitrogens with zero attached hydrogens (tertiary/aromatic N) is 3. The number of hydrogen-bond donors (Lipinski definition) is 0. The number of carbonyl (C=O) groups is 1. The summed E-state index contributed by atoms with van der Waals surface area (Å²) in [5.74, 6) is 0.314. The summed E-state index contributed by atoms with van der Waals surface area (Å²) in [6, 6.07) is 6.50. The number of hydrogen-bond acceptors (Lipinski definition) is 5. The van der Waals surface area contributed by atoms with Crippen molar-refractivity contribution < 1.29 is 13.9 Å². The van der Waals surface area contributed by atoms with Crippen LogP contribution in [0.2, 0.25) is 5.02 Å². The van der Waals surface area contributed by atoms with Gasteiger partial charge in [-0.15, -0.1) is 0 Å². The summed E-state index contributed by atoms with van der Waals surface area (Å²) in [6.45, 7) is 0.272. The van der Waals surface area contributed by atoms with Gasteiger partial charge >= 0.3 is 5.97 Å². The number of benzene rings is 1.